The molecule has 0 bridgehead atoms. The lowest BCUT2D eigenvalue weighted by Gasteiger charge is -2.20. The molecule has 0 fully saturated rings. The van der Waals surface area contributed by atoms with Crippen LogP contribution in [0.2, 0.25) is 0 Å². The van der Waals surface area contributed by atoms with Crippen LogP contribution in [0.5, 0.6) is 5.75 Å². The van der Waals surface area contributed by atoms with E-state index in [9.17, 15) is 30.0 Å². The number of hydrogen-bond donors (Lipinski definition) is 2. The van der Waals surface area contributed by atoms with Gasteiger partial charge in [0.1, 0.15) is 5.75 Å². The van der Waals surface area contributed by atoms with Gasteiger partial charge in [0.2, 0.25) is 10.0 Å². The third-order valence-corrected chi connectivity index (χ3v) is 6.40. The van der Waals surface area contributed by atoms with Gasteiger partial charge in [0.15, 0.2) is 0 Å². The summed E-state index contributed by atoms with van der Waals surface area (Å²) in [7, 11) is -7.89. The smallest absolute Gasteiger partial charge is 0.406 e. The molecule has 2 aromatic carbocycles. The Kier molecular flexibility index (Phi) is 6.21. The second-order valence-electron chi connectivity index (χ2n) is 7.00. The Bertz CT molecular complexity index is 1060. The van der Waals surface area contributed by atoms with Crippen molar-refractivity contribution in [2.75, 3.05) is 4.72 Å². The quantitative estimate of drug-likeness (QED) is 0.699. The minimum atomic E-state index is -4.89. The number of benzene rings is 2. The van der Waals surface area contributed by atoms with Gasteiger partial charge in [-0.3, -0.25) is 4.72 Å². The Hall–Kier alpha value is -2.31. The van der Waals surface area contributed by atoms with E-state index in [1.54, 1.807) is 20.8 Å². The summed E-state index contributed by atoms with van der Waals surface area (Å²) in [6.07, 6.45) is -4.89. The van der Waals surface area contributed by atoms with Crippen molar-refractivity contribution in [3.63, 3.8) is 0 Å². The van der Waals surface area contributed by atoms with E-state index in [2.05, 4.69) is 14.2 Å². The number of alkyl halides is 3. The maximum atomic E-state index is 12.4. The topological polar surface area (TPSA) is 102 Å². The van der Waals surface area contributed by atoms with Gasteiger partial charge in [-0.15, -0.1) is 13.2 Å². The molecule has 0 aromatic heterocycles. The van der Waals surface area contributed by atoms with E-state index in [1.807, 2.05) is 0 Å². The highest BCUT2D eigenvalue weighted by atomic mass is 32.2. The summed E-state index contributed by atoms with van der Waals surface area (Å²) in [5.74, 6) is -0.558. The second kappa shape index (κ2) is 7.84. The van der Waals surface area contributed by atoms with E-state index in [1.165, 1.54) is 24.3 Å². The average molecular weight is 452 g/mol. The van der Waals surface area contributed by atoms with Crippen LogP contribution in [0.4, 0.5) is 18.9 Å². The van der Waals surface area contributed by atoms with Gasteiger partial charge >= 0.3 is 6.36 Å². The van der Waals surface area contributed by atoms with Crippen molar-refractivity contribution < 1.29 is 34.7 Å². The van der Waals surface area contributed by atoms with Gasteiger partial charge < -0.3 is 4.74 Å². The van der Waals surface area contributed by atoms with Crippen molar-refractivity contribution >= 4 is 25.7 Å². The number of rotatable bonds is 6. The van der Waals surface area contributed by atoms with Gasteiger partial charge in [-0.1, -0.05) is 0 Å². The Morgan fingerprint density at radius 2 is 1.21 bits per heavy atom. The highest BCUT2D eigenvalue weighted by Gasteiger charge is 2.31. The number of ether oxygens (including phenoxy) is 1. The van der Waals surface area contributed by atoms with Crippen molar-refractivity contribution in [2.45, 2.75) is 42.5 Å². The van der Waals surface area contributed by atoms with E-state index in [-0.39, 0.29) is 15.5 Å². The van der Waals surface area contributed by atoms with E-state index in [4.69, 9.17) is 0 Å². The molecule has 160 valence electrons. The van der Waals surface area contributed by atoms with Crippen LogP contribution >= 0.6 is 0 Å². The predicted molar refractivity (Wildman–Crippen MR) is 100 cm³/mol. The summed E-state index contributed by atoms with van der Waals surface area (Å²) >= 11 is 0. The van der Waals surface area contributed by atoms with Gasteiger partial charge in [0, 0.05) is 11.2 Å². The molecule has 29 heavy (non-hydrogen) atoms. The molecule has 7 nitrogen and oxygen atoms in total. The normalized spacial score (nSPS) is 13.2. The molecule has 0 unspecified atom stereocenters. The minimum Gasteiger partial charge on any atom is -0.406 e. The standard InChI is InChI=1S/C17H19F3N2O5S2/c1-16(2,3)22-29(25,26)15-8-4-12(5-9-15)21-28(23,24)14-10-6-13(7-11-14)27-17(18,19)20/h4-11,21-22H,1-3H3. The van der Waals surface area contributed by atoms with Crippen LogP contribution < -0.4 is 14.2 Å². The fourth-order valence-electron chi connectivity index (χ4n) is 2.20. The lowest BCUT2D eigenvalue weighted by Crippen LogP contribution is -2.40. The van der Waals surface area contributed by atoms with Gasteiger partial charge in [-0.2, -0.15) is 0 Å². The monoisotopic (exact) mass is 452 g/mol. The van der Waals surface area contributed by atoms with Gasteiger partial charge in [0.25, 0.3) is 10.0 Å². The van der Waals surface area contributed by atoms with Crippen molar-refractivity contribution in [1.29, 1.82) is 0 Å². The molecule has 0 saturated carbocycles. The lowest BCUT2D eigenvalue weighted by atomic mass is 10.1. The summed E-state index contributed by atoms with van der Waals surface area (Å²) in [6.45, 7) is 5.04. The van der Waals surface area contributed by atoms with Crippen LogP contribution in [-0.4, -0.2) is 28.7 Å². The first-order valence-electron chi connectivity index (χ1n) is 8.10. The van der Waals surface area contributed by atoms with Crippen LogP contribution in [0.15, 0.2) is 58.3 Å². The summed E-state index contributed by atoms with van der Waals surface area (Å²) in [6, 6.07) is 8.63. The fraction of sp³-hybridized carbons (Fsp3) is 0.294. The summed E-state index contributed by atoms with van der Waals surface area (Å²) < 4.78 is 94.1. The van der Waals surface area contributed by atoms with Crippen molar-refractivity contribution in [2.24, 2.45) is 0 Å². The van der Waals surface area contributed by atoms with Crippen LogP contribution in [0.25, 0.3) is 0 Å². The van der Waals surface area contributed by atoms with Crippen LogP contribution in [-0.2, 0) is 20.0 Å². The highest BCUT2D eigenvalue weighted by molar-refractivity contribution is 7.92. The number of sulfonamides is 2. The van der Waals surface area contributed by atoms with Crippen molar-refractivity contribution in [3.8, 4) is 5.75 Å². The van der Waals surface area contributed by atoms with E-state index < -0.39 is 37.7 Å². The third kappa shape index (κ3) is 6.91. The molecule has 0 aliphatic rings. The Balaban J connectivity index is 2.17. The molecule has 2 aromatic rings. The molecule has 0 radical (unpaired) electrons. The summed E-state index contributed by atoms with van der Waals surface area (Å²) in [5, 5.41) is 0. The SMILES string of the molecule is CC(C)(C)NS(=O)(=O)c1ccc(NS(=O)(=O)c2ccc(OC(F)(F)F)cc2)cc1. The number of hydrogen-bond acceptors (Lipinski definition) is 5. The molecule has 2 rings (SSSR count). The molecular formula is C17H19F3N2O5S2. The van der Waals surface area contributed by atoms with Crippen molar-refractivity contribution in [3.05, 3.63) is 48.5 Å². The lowest BCUT2D eigenvalue weighted by molar-refractivity contribution is -0.274. The number of anilines is 1. The molecule has 0 amide bonds. The largest absolute Gasteiger partial charge is 0.573 e. The zero-order valence-electron chi connectivity index (χ0n) is 15.6. The second-order valence-corrected chi connectivity index (χ2v) is 10.4. The third-order valence-electron chi connectivity index (χ3n) is 3.22. The molecule has 12 heteroatoms. The van der Waals surface area contributed by atoms with E-state index in [0.29, 0.717) is 0 Å². The van der Waals surface area contributed by atoms with E-state index in [0.717, 1.165) is 24.3 Å². The molecule has 0 atom stereocenters. The predicted octanol–water partition coefficient (Wildman–Crippen LogP) is 3.46. The van der Waals surface area contributed by atoms with Gasteiger partial charge in [0.05, 0.1) is 9.79 Å². The molecule has 0 saturated heterocycles. The molecule has 2 N–H and O–H groups in total. The molecule has 0 aliphatic heterocycles. The molecular weight excluding hydrogens is 433 g/mol. The van der Waals surface area contributed by atoms with Crippen molar-refractivity contribution in [1.82, 2.24) is 4.72 Å². The summed E-state index contributed by atoms with van der Waals surface area (Å²) in [5.41, 5.74) is -0.614. The fourth-order valence-corrected chi connectivity index (χ4v) is 4.68. The van der Waals surface area contributed by atoms with E-state index >= 15 is 0 Å². The average Bonchev–Trinajstić information content (AvgIpc) is 2.51. The molecule has 0 heterocycles. The maximum absolute atomic E-state index is 12.4. The Morgan fingerprint density at radius 1 is 0.759 bits per heavy atom. The van der Waals surface area contributed by atoms with Gasteiger partial charge in [-0.25, -0.2) is 21.6 Å². The first kappa shape index (κ1) is 23.0. The first-order chi connectivity index (χ1) is 13.1. The van der Waals surface area contributed by atoms with Crippen LogP contribution in [0.1, 0.15) is 20.8 Å². The number of nitrogens with one attached hydrogen (secondary N) is 2. The van der Waals surface area contributed by atoms with Crippen LogP contribution in [0.3, 0.4) is 0 Å². The zero-order chi connectivity index (χ0) is 22.1. The Labute approximate surface area is 167 Å². The molecule has 0 spiro atoms. The molecule has 0 aliphatic carbocycles. The van der Waals surface area contributed by atoms with Crippen LogP contribution in [0, 0.1) is 0 Å². The minimum absolute atomic E-state index is 0.0518. The van der Waals surface area contributed by atoms with Gasteiger partial charge in [-0.05, 0) is 69.3 Å². The summed E-state index contributed by atoms with van der Waals surface area (Å²) in [4.78, 5) is -0.345. The first-order valence-corrected chi connectivity index (χ1v) is 11.1. The maximum Gasteiger partial charge on any atom is 0.573 e. The number of halogens is 3. The Morgan fingerprint density at radius 3 is 1.66 bits per heavy atom. The highest BCUT2D eigenvalue weighted by Crippen LogP contribution is 2.25. The zero-order valence-corrected chi connectivity index (χ0v) is 17.2.